The summed E-state index contributed by atoms with van der Waals surface area (Å²) in [6.45, 7) is 9.59. The first-order chi connectivity index (χ1) is 17.7. The summed E-state index contributed by atoms with van der Waals surface area (Å²) >= 11 is 0. The number of benzene rings is 2. The van der Waals surface area contributed by atoms with E-state index in [9.17, 15) is 19.7 Å². The minimum atomic E-state index is -0.502. The van der Waals surface area contributed by atoms with Crippen LogP contribution in [-0.2, 0) is 17.9 Å². The molecule has 0 aliphatic carbocycles. The number of hydrogen-bond acceptors (Lipinski definition) is 4. The highest BCUT2D eigenvalue weighted by molar-refractivity contribution is 5.96. The van der Waals surface area contributed by atoms with Crippen LogP contribution in [0.4, 0.5) is 5.69 Å². The molecule has 0 atom stereocenters. The number of aryl methyl sites for hydroxylation is 1. The van der Waals surface area contributed by atoms with Crippen molar-refractivity contribution >= 4 is 17.5 Å². The molecule has 196 valence electrons. The van der Waals surface area contributed by atoms with Crippen molar-refractivity contribution in [3.05, 3.63) is 99.4 Å². The second kappa shape index (κ2) is 12.9. The van der Waals surface area contributed by atoms with Crippen LogP contribution in [0.2, 0.25) is 0 Å². The van der Waals surface area contributed by atoms with Gasteiger partial charge in [-0.15, -0.1) is 0 Å². The van der Waals surface area contributed by atoms with Crippen LogP contribution in [-0.4, -0.2) is 50.2 Å². The van der Waals surface area contributed by atoms with Crippen molar-refractivity contribution in [1.29, 1.82) is 0 Å². The van der Waals surface area contributed by atoms with Crippen LogP contribution >= 0.6 is 0 Å². The zero-order valence-electron chi connectivity index (χ0n) is 22.1. The number of amides is 2. The fourth-order valence-corrected chi connectivity index (χ4v) is 4.22. The lowest BCUT2D eigenvalue weighted by Gasteiger charge is -2.30. The lowest BCUT2D eigenvalue weighted by Crippen LogP contribution is -2.46. The van der Waals surface area contributed by atoms with Crippen LogP contribution in [0.5, 0.6) is 0 Å². The summed E-state index contributed by atoms with van der Waals surface area (Å²) in [5.41, 5.74) is 3.67. The van der Waals surface area contributed by atoms with Crippen LogP contribution < -0.4 is 0 Å². The van der Waals surface area contributed by atoms with Gasteiger partial charge in [0.15, 0.2) is 0 Å². The lowest BCUT2D eigenvalue weighted by molar-refractivity contribution is -0.384. The molecule has 2 amide bonds. The molecular weight excluding hydrogens is 468 g/mol. The summed E-state index contributed by atoms with van der Waals surface area (Å²) in [5, 5.41) is 11.0. The SMILES string of the molecule is CCCCN(Cc1cccn1Cc1cccc(C)c1)C(=O)CN(C(=O)c1ccc([N+](=O)[O-])cc1)C(C)C. The summed E-state index contributed by atoms with van der Waals surface area (Å²) in [6, 6.07) is 17.7. The molecule has 0 spiro atoms. The molecule has 3 aromatic rings. The number of nitro benzene ring substituents is 1. The number of hydrogen-bond donors (Lipinski definition) is 0. The second-order valence-electron chi connectivity index (χ2n) is 9.62. The molecule has 8 heteroatoms. The van der Waals surface area contributed by atoms with Crippen molar-refractivity contribution in [2.75, 3.05) is 13.1 Å². The zero-order valence-corrected chi connectivity index (χ0v) is 22.1. The number of nitro groups is 1. The van der Waals surface area contributed by atoms with Gasteiger partial charge < -0.3 is 14.4 Å². The van der Waals surface area contributed by atoms with Crippen LogP contribution in [0, 0.1) is 17.0 Å². The third-order valence-electron chi connectivity index (χ3n) is 6.36. The standard InChI is InChI=1S/C29H36N4O4/c1-5-6-16-31(20-27-11-8-17-30(27)19-24-10-7-9-23(4)18-24)28(34)21-32(22(2)3)29(35)25-12-14-26(15-13-25)33(36)37/h7-15,17-18,22H,5-6,16,19-21H2,1-4H3. The summed E-state index contributed by atoms with van der Waals surface area (Å²) in [7, 11) is 0. The van der Waals surface area contributed by atoms with Gasteiger partial charge in [-0.25, -0.2) is 0 Å². The number of aromatic nitrogens is 1. The van der Waals surface area contributed by atoms with Gasteiger partial charge in [0.2, 0.25) is 5.91 Å². The van der Waals surface area contributed by atoms with Crippen molar-refractivity contribution in [3.8, 4) is 0 Å². The Bertz CT molecular complexity index is 1220. The van der Waals surface area contributed by atoms with Crippen LogP contribution in [0.25, 0.3) is 0 Å². The molecule has 8 nitrogen and oxygen atoms in total. The molecule has 0 saturated heterocycles. The smallest absolute Gasteiger partial charge is 0.269 e. The van der Waals surface area contributed by atoms with Crippen molar-refractivity contribution in [1.82, 2.24) is 14.4 Å². The average Bonchev–Trinajstić information content (AvgIpc) is 3.30. The Kier molecular flexibility index (Phi) is 9.60. The van der Waals surface area contributed by atoms with Gasteiger partial charge >= 0.3 is 0 Å². The molecule has 0 aliphatic heterocycles. The molecule has 0 aliphatic rings. The van der Waals surface area contributed by atoms with E-state index in [2.05, 4.69) is 36.6 Å². The molecule has 1 heterocycles. The highest BCUT2D eigenvalue weighted by Gasteiger charge is 2.25. The maximum absolute atomic E-state index is 13.5. The van der Waals surface area contributed by atoms with Gasteiger partial charge in [0.05, 0.1) is 11.5 Å². The highest BCUT2D eigenvalue weighted by atomic mass is 16.6. The van der Waals surface area contributed by atoms with Gasteiger partial charge in [0.25, 0.3) is 11.6 Å². The quantitative estimate of drug-likeness (QED) is 0.243. The summed E-state index contributed by atoms with van der Waals surface area (Å²) in [6.07, 6.45) is 3.84. The number of nitrogens with zero attached hydrogens (tertiary/aromatic N) is 4. The summed E-state index contributed by atoms with van der Waals surface area (Å²) in [4.78, 5) is 40.5. The van der Waals surface area contributed by atoms with E-state index >= 15 is 0 Å². The van der Waals surface area contributed by atoms with E-state index in [1.807, 2.05) is 43.1 Å². The Morgan fingerprint density at radius 3 is 2.41 bits per heavy atom. The van der Waals surface area contributed by atoms with Crippen LogP contribution in [0.15, 0.2) is 66.9 Å². The van der Waals surface area contributed by atoms with E-state index in [1.54, 1.807) is 0 Å². The van der Waals surface area contributed by atoms with Crippen LogP contribution in [0.3, 0.4) is 0 Å². The maximum Gasteiger partial charge on any atom is 0.269 e. The van der Waals surface area contributed by atoms with E-state index in [1.165, 1.54) is 40.3 Å². The molecule has 0 bridgehead atoms. The number of carbonyl (C=O) groups is 2. The van der Waals surface area contributed by atoms with Crippen molar-refractivity contribution < 1.29 is 14.5 Å². The lowest BCUT2D eigenvalue weighted by atomic mass is 10.1. The predicted octanol–water partition coefficient (Wildman–Crippen LogP) is 5.43. The normalized spacial score (nSPS) is 10.9. The minimum absolute atomic E-state index is 0.0597. The molecular formula is C29H36N4O4. The third-order valence-corrected chi connectivity index (χ3v) is 6.36. The molecule has 1 aromatic heterocycles. The van der Waals surface area contributed by atoms with Gasteiger partial charge in [-0.3, -0.25) is 19.7 Å². The number of non-ortho nitro benzene ring substituents is 1. The largest absolute Gasteiger partial charge is 0.345 e. The first kappa shape index (κ1) is 27.6. The molecule has 3 rings (SSSR count). The topological polar surface area (TPSA) is 88.7 Å². The molecule has 37 heavy (non-hydrogen) atoms. The summed E-state index contributed by atoms with van der Waals surface area (Å²) < 4.78 is 2.16. The molecule has 0 saturated carbocycles. The molecule has 0 radical (unpaired) electrons. The molecule has 0 fully saturated rings. The fraction of sp³-hybridized carbons (Fsp3) is 0.379. The Labute approximate surface area is 218 Å². The van der Waals surface area contributed by atoms with Gasteiger partial charge in [-0.1, -0.05) is 43.2 Å². The zero-order chi connectivity index (χ0) is 26.9. The van der Waals surface area contributed by atoms with E-state index in [4.69, 9.17) is 0 Å². The van der Waals surface area contributed by atoms with Crippen LogP contribution in [0.1, 0.15) is 60.8 Å². The Balaban J connectivity index is 1.76. The Hall–Kier alpha value is -3.94. The number of unbranched alkanes of at least 4 members (excludes halogenated alkanes) is 1. The van der Waals surface area contributed by atoms with Gasteiger partial charge in [0.1, 0.15) is 6.54 Å². The predicted molar refractivity (Wildman–Crippen MR) is 144 cm³/mol. The fourth-order valence-electron chi connectivity index (χ4n) is 4.22. The van der Waals surface area contributed by atoms with E-state index < -0.39 is 4.92 Å². The Morgan fingerprint density at radius 1 is 1.05 bits per heavy atom. The van der Waals surface area contributed by atoms with E-state index in [0.29, 0.717) is 18.7 Å². The highest BCUT2D eigenvalue weighted by Crippen LogP contribution is 2.17. The monoisotopic (exact) mass is 504 g/mol. The van der Waals surface area contributed by atoms with Crippen molar-refractivity contribution in [3.63, 3.8) is 0 Å². The molecule has 0 N–H and O–H groups in total. The first-order valence-electron chi connectivity index (χ1n) is 12.7. The van der Waals surface area contributed by atoms with Crippen molar-refractivity contribution in [2.45, 2.75) is 59.7 Å². The summed E-state index contributed by atoms with van der Waals surface area (Å²) in [5.74, 6) is -0.447. The van der Waals surface area contributed by atoms with Crippen molar-refractivity contribution in [2.24, 2.45) is 0 Å². The maximum atomic E-state index is 13.5. The van der Waals surface area contributed by atoms with E-state index in [0.717, 1.165) is 25.1 Å². The molecule has 0 unspecified atom stereocenters. The third kappa shape index (κ3) is 7.52. The van der Waals surface area contributed by atoms with Gasteiger partial charge in [0, 0.05) is 48.7 Å². The van der Waals surface area contributed by atoms with Gasteiger partial charge in [-0.05, 0) is 57.0 Å². The number of rotatable bonds is 12. The number of carbonyl (C=O) groups excluding carboxylic acids is 2. The second-order valence-corrected chi connectivity index (χ2v) is 9.62. The van der Waals surface area contributed by atoms with Gasteiger partial charge in [-0.2, -0.15) is 0 Å². The first-order valence-corrected chi connectivity index (χ1v) is 12.7. The average molecular weight is 505 g/mol. The van der Waals surface area contributed by atoms with E-state index in [-0.39, 0.29) is 30.1 Å². The minimum Gasteiger partial charge on any atom is -0.345 e. The Morgan fingerprint density at radius 2 is 1.78 bits per heavy atom. The molecule has 2 aromatic carbocycles.